The molecule has 41 heavy (non-hydrogen) atoms. The van der Waals surface area contributed by atoms with E-state index in [1.165, 1.54) is 28.0 Å². The van der Waals surface area contributed by atoms with Gasteiger partial charge in [-0.05, 0) is 66.8 Å². The van der Waals surface area contributed by atoms with Gasteiger partial charge < -0.3 is 9.84 Å². The van der Waals surface area contributed by atoms with Gasteiger partial charge in [-0.1, -0.05) is 65.8 Å². The van der Waals surface area contributed by atoms with E-state index in [9.17, 15) is 9.90 Å². The minimum Gasteiger partial charge on any atom is -0.512 e. The molecule has 4 nitrogen and oxygen atoms in total. The summed E-state index contributed by atoms with van der Waals surface area (Å²) in [6.07, 6.45) is 6.62. The Hall–Kier alpha value is -3.01. The molecule has 0 bridgehead atoms. The normalized spacial score (nSPS) is 12.0. The third-order valence-electron chi connectivity index (χ3n) is 8.81. The number of rotatable bonds is 9. The van der Waals surface area contributed by atoms with Crippen molar-refractivity contribution in [3.05, 3.63) is 89.8 Å². The standard InChI is InChI=1S/C21H16NO.C15H28O2.Ir/c1-14-10-16-8-9-17-13-22-21(23-18-6-4-3-5-7-18)12-20(17)19(16)11-15(14)2;1-7-14(5,8-2)12(16)11-13(17)15(6,9-3)10-4;/h3-6,8-13H,1-2H3;11,16H,7-10H2,1-6H3;/q-1;;/b;12-11-;. The molecule has 5 heteroatoms. The van der Waals surface area contributed by atoms with Crippen LogP contribution in [0.5, 0.6) is 11.6 Å². The third kappa shape index (κ3) is 8.05. The van der Waals surface area contributed by atoms with Gasteiger partial charge in [0.1, 0.15) is 5.76 Å². The summed E-state index contributed by atoms with van der Waals surface area (Å²) in [5.41, 5.74) is 2.00. The number of carbonyl (C=O) groups is 1. The van der Waals surface area contributed by atoms with Gasteiger partial charge in [0.15, 0.2) is 5.78 Å². The summed E-state index contributed by atoms with van der Waals surface area (Å²) in [5.74, 6) is 1.55. The fourth-order valence-electron chi connectivity index (χ4n) is 4.49. The molecular weight excluding hydrogens is 687 g/mol. The van der Waals surface area contributed by atoms with Crippen molar-refractivity contribution in [3.63, 3.8) is 0 Å². The predicted molar refractivity (Wildman–Crippen MR) is 167 cm³/mol. The van der Waals surface area contributed by atoms with E-state index in [1.54, 1.807) is 0 Å². The molecule has 0 spiro atoms. The Balaban J connectivity index is 0.000000296. The van der Waals surface area contributed by atoms with Gasteiger partial charge in [0.25, 0.3) is 0 Å². The molecule has 0 amide bonds. The van der Waals surface area contributed by atoms with Crippen LogP contribution >= 0.6 is 0 Å². The Bertz CT molecular complexity index is 1490. The van der Waals surface area contributed by atoms with E-state index < -0.39 is 0 Å². The summed E-state index contributed by atoms with van der Waals surface area (Å²) in [6, 6.07) is 21.3. The molecule has 0 aliphatic carbocycles. The van der Waals surface area contributed by atoms with Crippen LogP contribution in [0.4, 0.5) is 0 Å². The number of hydrogen-bond donors (Lipinski definition) is 1. The summed E-state index contributed by atoms with van der Waals surface area (Å²) in [7, 11) is 0. The van der Waals surface area contributed by atoms with Crippen LogP contribution in [0.25, 0.3) is 21.5 Å². The number of carbonyl (C=O) groups excluding carboxylic acids is 1. The number of aliphatic hydroxyl groups excluding tert-OH is 1. The SMILES string of the molecule is CCC(C)(CC)C(=O)/C=C(\O)C(C)(CC)CC.Cc1cc2ccc3cnc(Oc4[c-]cccc4)cc3c2cc1C.[Ir]. The predicted octanol–water partition coefficient (Wildman–Crippen LogP) is 10.2. The number of allylic oxidation sites excluding steroid dienone is 2. The van der Waals surface area contributed by atoms with E-state index in [0.717, 1.165) is 36.5 Å². The van der Waals surface area contributed by atoms with Crippen molar-refractivity contribution in [2.24, 2.45) is 10.8 Å². The van der Waals surface area contributed by atoms with Gasteiger partial charge >= 0.3 is 0 Å². The van der Waals surface area contributed by atoms with Crippen molar-refractivity contribution in [2.75, 3.05) is 0 Å². The zero-order valence-corrected chi connectivity index (χ0v) is 28.1. The van der Waals surface area contributed by atoms with Gasteiger partial charge in [-0.3, -0.25) is 4.79 Å². The van der Waals surface area contributed by atoms with Crippen molar-refractivity contribution in [1.29, 1.82) is 0 Å². The summed E-state index contributed by atoms with van der Waals surface area (Å²) in [5, 5.41) is 14.9. The van der Waals surface area contributed by atoms with Gasteiger partial charge in [-0.2, -0.15) is 18.2 Å². The van der Waals surface area contributed by atoms with Crippen molar-refractivity contribution >= 4 is 27.3 Å². The number of ether oxygens (including phenoxy) is 1. The van der Waals surface area contributed by atoms with E-state index in [1.807, 2.05) is 78.1 Å². The molecule has 4 rings (SSSR count). The number of para-hydroxylation sites is 1. The summed E-state index contributed by atoms with van der Waals surface area (Å²) < 4.78 is 5.82. The molecule has 0 aliphatic heterocycles. The molecule has 3 aromatic carbocycles. The van der Waals surface area contributed by atoms with Crippen molar-refractivity contribution in [3.8, 4) is 11.6 Å². The monoisotopic (exact) mass is 731 g/mol. The van der Waals surface area contributed by atoms with Gasteiger partial charge in [0.05, 0.1) is 0 Å². The molecule has 1 heterocycles. The number of pyridine rings is 1. The maximum Gasteiger partial charge on any atom is 0.217 e. The van der Waals surface area contributed by atoms with Crippen LogP contribution in [-0.2, 0) is 24.9 Å². The molecule has 0 saturated heterocycles. The number of hydrogen-bond acceptors (Lipinski definition) is 4. The first-order valence-corrected chi connectivity index (χ1v) is 14.4. The first-order valence-electron chi connectivity index (χ1n) is 14.4. The van der Waals surface area contributed by atoms with E-state index >= 15 is 0 Å². The van der Waals surface area contributed by atoms with E-state index in [4.69, 9.17) is 4.74 Å². The molecule has 0 saturated carbocycles. The maximum atomic E-state index is 12.2. The van der Waals surface area contributed by atoms with Crippen molar-refractivity contribution in [2.45, 2.75) is 81.1 Å². The van der Waals surface area contributed by atoms with Crippen LogP contribution < -0.4 is 4.74 Å². The van der Waals surface area contributed by atoms with Gasteiger partial charge in [0.2, 0.25) is 5.88 Å². The smallest absolute Gasteiger partial charge is 0.217 e. The number of ketones is 1. The first-order chi connectivity index (χ1) is 19.0. The number of aryl methyl sites for hydroxylation is 2. The molecule has 0 unspecified atom stereocenters. The first kappa shape index (κ1) is 34.2. The zero-order valence-electron chi connectivity index (χ0n) is 25.7. The number of aromatic nitrogens is 1. The second-order valence-corrected chi connectivity index (χ2v) is 11.2. The van der Waals surface area contributed by atoms with Crippen LogP contribution in [-0.4, -0.2) is 15.9 Å². The van der Waals surface area contributed by atoms with Crippen LogP contribution in [0.15, 0.2) is 72.6 Å². The molecule has 221 valence electrons. The average molecular weight is 731 g/mol. The molecule has 4 aromatic rings. The molecule has 1 aromatic heterocycles. The molecule has 1 N–H and O–H groups in total. The van der Waals surface area contributed by atoms with Crippen molar-refractivity contribution in [1.82, 2.24) is 4.98 Å². The van der Waals surface area contributed by atoms with E-state index in [-0.39, 0.29) is 42.5 Å². The summed E-state index contributed by atoms with van der Waals surface area (Å²) in [4.78, 5) is 16.6. The largest absolute Gasteiger partial charge is 0.512 e. The fourth-order valence-corrected chi connectivity index (χ4v) is 4.49. The van der Waals surface area contributed by atoms with E-state index in [0.29, 0.717) is 11.6 Å². The van der Waals surface area contributed by atoms with E-state index in [2.05, 4.69) is 49.2 Å². The van der Waals surface area contributed by atoms with Gasteiger partial charge in [-0.15, -0.1) is 12.1 Å². The van der Waals surface area contributed by atoms with Crippen LogP contribution in [0.1, 0.15) is 78.4 Å². The minimum atomic E-state index is -0.337. The van der Waals surface area contributed by atoms with Crippen LogP contribution in [0.3, 0.4) is 0 Å². The minimum absolute atomic E-state index is 0. The number of aliphatic hydroxyl groups is 1. The molecule has 0 aliphatic rings. The summed E-state index contributed by atoms with van der Waals surface area (Å²) in [6.45, 7) is 16.4. The Morgan fingerprint density at radius 3 is 2.05 bits per heavy atom. The molecule has 0 atom stereocenters. The van der Waals surface area contributed by atoms with Crippen molar-refractivity contribution < 1.29 is 34.7 Å². The van der Waals surface area contributed by atoms with Crippen LogP contribution in [0.2, 0.25) is 0 Å². The Morgan fingerprint density at radius 2 is 1.46 bits per heavy atom. The second-order valence-electron chi connectivity index (χ2n) is 11.2. The quantitative estimate of drug-likeness (QED) is 0.0806. The molecule has 1 radical (unpaired) electrons. The maximum absolute atomic E-state index is 12.2. The average Bonchev–Trinajstić information content (AvgIpc) is 2.97. The van der Waals surface area contributed by atoms with Crippen LogP contribution in [0, 0.1) is 30.7 Å². The zero-order chi connectivity index (χ0) is 29.5. The fraction of sp³-hybridized carbons (Fsp3) is 0.389. The topological polar surface area (TPSA) is 59.4 Å². The number of fused-ring (bicyclic) bond motifs is 3. The van der Waals surface area contributed by atoms with Gasteiger partial charge in [0, 0.05) is 60.4 Å². The summed E-state index contributed by atoms with van der Waals surface area (Å²) >= 11 is 0. The molecular formula is C36H44IrNO3-. The Morgan fingerprint density at radius 1 is 0.878 bits per heavy atom. The van der Waals surface area contributed by atoms with Gasteiger partial charge in [-0.25, -0.2) is 4.98 Å². The Kier molecular flexibility index (Phi) is 12.3. The molecule has 0 fully saturated rings. The third-order valence-corrected chi connectivity index (χ3v) is 8.81. The number of benzene rings is 3. The Labute approximate surface area is 259 Å². The second kappa shape index (κ2) is 14.8. The number of nitrogens with zero attached hydrogens (tertiary/aromatic N) is 1.